The number of carbonyl (C=O) groups excluding carboxylic acids is 1. The summed E-state index contributed by atoms with van der Waals surface area (Å²) < 4.78 is 38.9. The molecule has 0 N–H and O–H groups in total. The highest BCUT2D eigenvalue weighted by atomic mass is 19.2. The Morgan fingerprint density at radius 1 is 1.00 bits per heavy atom. The number of benzene rings is 2. The predicted molar refractivity (Wildman–Crippen MR) is 65.5 cm³/mol. The Kier molecular flexibility index (Phi) is 3.69. The second-order valence-electron chi connectivity index (χ2n) is 4.30. The lowest BCUT2D eigenvalue weighted by Crippen LogP contribution is -2.06. The fraction of sp³-hybridized carbons (Fsp3) is 0.133. The summed E-state index contributed by atoms with van der Waals surface area (Å²) >= 11 is 0. The Morgan fingerprint density at radius 2 is 1.74 bits per heavy atom. The molecule has 0 aliphatic rings. The molecule has 19 heavy (non-hydrogen) atoms. The number of carbonyl (C=O) groups is 1. The van der Waals surface area contributed by atoms with Crippen LogP contribution in [-0.4, -0.2) is 5.78 Å². The molecule has 0 aliphatic carbocycles. The van der Waals surface area contributed by atoms with Gasteiger partial charge >= 0.3 is 0 Å². The van der Waals surface area contributed by atoms with Crippen LogP contribution in [0, 0.1) is 24.4 Å². The third-order valence-corrected chi connectivity index (χ3v) is 2.90. The maximum atomic E-state index is 13.1. The van der Waals surface area contributed by atoms with Gasteiger partial charge in [-0.2, -0.15) is 0 Å². The summed E-state index contributed by atoms with van der Waals surface area (Å²) in [6, 6.07) is 7.12. The van der Waals surface area contributed by atoms with Gasteiger partial charge in [0.1, 0.15) is 5.82 Å². The first-order valence-corrected chi connectivity index (χ1v) is 5.70. The molecule has 0 atom stereocenters. The summed E-state index contributed by atoms with van der Waals surface area (Å²) in [6.45, 7) is 1.76. The topological polar surface area (TPSA) is 17.1 Å². The first-order valence-electron chi connectivity index (χ1n) is 5.70. The maximum Gasteiger partial charge on any atom is 0.167 e. The van der Waals surface area contributed by atoms with Gasteiger partial charge in [-0.1, -0.05) is 6.07 Å². The molecular formula is C15H11F3O. The van der Waals surface area contributed by atoms with E-state index in [0.29, 0.717) is 5.56 Å². The van der Waals surface area contributed by atoms with Crippen molar-refractivity contribution in [1.29, 1.82) is 0 Å². The number of halogens is 3. The Labute approximate surface area is 108 Å². The molecule has 0 radical (unpaired) electrons. The zero-order valence-electron chi connectivity index (χ0n) is 10.2. The molecule has 0 spiro atoms. The van der Waals surface area contributed by atoms with Crippen LogP contribution in [0.3, 0.4) is 0 Å². The lowest BCUT2D eigenvalue weighted by molar-refractivity contribution is 0.0992. The first kappa shape index (κ1) is 13.3. The van der Waals surface area contributed by atoms with Gasteiger partial charge in [-0.05, 0) is 48.4 Å². The van der Waals surface area contributed by atoms with E-state index in [4.69, 9.17) is 0 Å². The summed E-state index contributed by atoms with van der Waals surface area (Å²) in [5, 5.41) is 0. The Bertz CT molecular complexity index is 635. The van der Waals surface area contributed by atoms with E-state index in [2.05, 4.69) is 0 Å². The average molecular weight is 264 g/mol. The fourth-order valence-corrected chi connectivity index (χ4v) is 1.78. The molecule has 0 saturated heterocycles. The molecule has 0 heterocycles. The summed E-state index contributed by atoms with van der Waals surface area (Å²) in [5.41, 5.74) is 1.38. The van der Waals surface area contributed by atoms with Crippen LogP contribution in [0.2, 0.25) is 0 Å². The van der Waals surface area contributed by atoms with Gasteiger partial charge in [0.15, 0.2) is 17.4 Å². The largest absolute Gasteiger partial charge is 0.294 e. The molecule has 0 aliphatic heterocycles. The van der Waals surface area contributed by atoms with Crippen molar-refractivity contribution in [3.63, 3.8) is 0 Å². The highest BCUT2D eigenvalue weighted by molar-refractivity contribution is 5.97. The van der Waals surface area contributed by atoms with Gasteiger partial charge in [0.05, 0.1) is 0 Å². The van der Waals surface area contributed by atoms with Crippen LogP contribution < -0.4 is 0 Å². The molecule has 2 rings (SSSR count). The molecule has 98 valence electrons. The van der Waals surface area contributed by atoms with Crippen molar-refractivity contribution in [3.05, 3.63) is 70.5 Å². The third-order valence-electron chi connectivity index (χ3n) is 2.90. The normalized spacial score (nSPS) is 10.5. The SMILES string of the molecule is Cc1ccc(F)cc1CC(=O)c1ccc(F)c(F)c1. The number of ketones is 1. The minimum absolute atomic E-state index is 0.0470. The van der Waals surface area contributed by atoms with Crippen LogP contribution in [0.5, 0.6) is 0 Å². The van der Waals surface area contributed by atoms with Crippen molar-refractivity contribution in [3.8, 4) is 0 Å². The second-order valence-corrected chi connectivity index (χ2v) is 4.30. The van der Waals surface area contributed by atoms with Crippen LogP contribution in [0.1, 0.15) is 21.5 Å². The molecule has 0 amide bonds. The fourth-order valence-electron chi connectivity index (χ4n) is 1.78. The van der Waals surface area contributed by atoms with Crippen molar-refractivity contribution in [1.82, 2.24) is 0 Å². The van der Waals surface area contributed by atoms with E-state index in [1.165, 1.54) is 18.2 Å². The Balaban J connectivity index is 2.25. The second kappa shape index (κ2) is 5.26. The van der Waals surface area contributed by atoms with E-state index in [1.54, 1.807) is 13.0 Å². The molecule has 0 aromatic heterocycles. The van der Waals surface area contributed by atoms with Crippen LogP contribution >= 0.6 is 0 Å². The Hall–Kier alpha value is -2.10. The lowest BCUT2D eigenvalue weighted by Gasteiger charge is -2.06. The van der Waals surface area contributed by atoms with E-state index < -0.39 is 17.5 Å². The number of hydrogen-bond acceptors (Lipinski definition) is 1. The predicted octanol–water partition coefficient (Wildman–Crippen LogP) is 3.84. The zero-order chi connectivity index (χ0) is 14.0. The molecule has 0 saturated carbocycles. The van der Waals surface area contributed by atoms with Gasteiger partial charge in [0, 0.05) is 12.0 Å². The van der Waals surface area contributed by atoms with Gasteiger partial charge in [0.25, 0.3) is 0 Å². The summed E-state index contributed by atoms with van der Waals surface area (Å²) in [5.74, 6) is -2.88. The van der Waals surface area contributed by atoms with E-state index in [0.717, 1.165) is 17.7 Å². The standard InChI is InChI=1S/C15H11F3O/c1-9-2-4-12(16)6-11(9)8-15(19)10-3-5-13(17)14(18)7-10/h2-7H,8H2,1H3. The summed E-state index contributed by atoms with van der Waals surface area (Å²) in [6.07, 6.45) is -0.0470. The van der Waals surface area contributed by atoms with Gasteiger partial charge in [0.2, 0.25) is 0 Å². The zero-order valence-corrected chi connectivity index (χ0v) is 10.2. The molecule has 0 fully saturated rings. The van der Waals surface area contributed by atoms with Crippen LogP contribution in [0.15, 0.2) is 36.4 Å². The quantitative estimate of drug-likeness (QED) is 0.770. The number of Topliss-reactive ketones (excluding diaryl/α,β-unsaturated/α-hetero) is 1. The van der Waals surface area contributed by atoms with Crippen LogP contribution in [-0.2, 0) is 6.42 Å². The number of hydrogen-bond donors (Lipinski definition) is 0. The van der Waals surface area contributed by atoms with E-state index in [9.17, 15) is 18.0 Å². The van der Waals surface area contributed by atoms with Crippen molar-refractivity contribution >= 4 is 5.78 Å². The number of aryl methyl sites for hydroxylation is 1. The molecule has 4 heteroatoms. The van der Waals surface area contributed by atoms with Gasteiger partial charge < -0.3 is 0 Å². The van der Waals surface area contributed by atoms with Crippen molar-refractivity contribution in [2.24, 2.45) is 0 Å². The molecular weight excluding hydrogens is 253 g/mol. The monoisotopic (exact) mass is 264 g/mol. The first-order chi connectivity index (χ1) is 8.97. The molecule has 2 aromatic carbocycles. The minimum Gasteiger partial charge on any atom is -0.294 e. The average Bonchev–Trinajstić information content (AvgIpc) is 2.37. The van der Waals surface area contributed by atoms with E-state index >= 15 is 0 Å². The van der Waals surface area contributed by atoms with Crippen molar-refractivity contribution < 1.29 is 18.0 Å². The summed E-state index contributed by atoms with van der Waals surface area (Å²) in [7, 11) is 0. The highest BCUT2D eigenvalue weighted by Gasteiger charge is 2.12. The molecule has 1 nitrogen and oxygen atoms in total. The maximum absolute atomic E-state index is 13.1. The van der Waals surface area contributed by atoms with E-state index in [1.807, 2.05) is 0 Å². The third kappa shape index (κ3) is 3.02. The smallest absolute Gasteiger partial charge is 0.167 e. The van der Waals surface area contributed by atoms with Crippen LogP contribution in [0.4, 0.5) is 13.2 Å². The van der Waals surface area contributed by atoms with E-state index in [-0.39, 0.29) is 17.8 Å². The lowest BCUT2D eigenvalue weighted by atomic mass is 9.99. The molecule has 0 bridgehead atoms. The minimum atomic E-state index is -1.07. The van der Waals surface area contributed by atoms with Crippen LogP contribution in [0.25, 0.3) is 0 Å². The Morgan fingerprint density at radius 3 is 2.42 bits per heavy atom. The number of rotatable bonds is 3. The molecule has 0 unspecified atom stereocenters. The van der Waals surface area contributed by atoms with Gasteiger partial charge in [-0.25, -0.2) is 13.2 Å². The van der Waals surface area contributed by atoms with Crippen molar-refractivity contribution in [2.75, 3.05) is 0 Å². The van der Waals surface area contributed by atoms with Gasteiger partial charge in [-0.3, -0.25) is 4.79 Å². The highest BCUT2D eigenvalue weighted by Crippen LogP contribution is 2.15. The summed E-state index contributed by atoms with van der Waals surface area (Å²) in [4.78, 5) is 11.9. The molecule has 2 aromatic rings. The van der Waals surface area contributed by atoms with Crippen molar-refractivity contribution in [2.45, 2.75) is 13.3 Å². The van der Waals surface area contributed by atoms with Gasteiger partial charge in [-0.15, -0.1) is 0 Å².